The van der Waals surface area contributed by atoms with Crippen LogP contribution in [0.4, 0.5) is 8.78 Å². The summed E-state index contributed by atoms with van der Waals surface area (Å²) in [5.41, 5.74) is 0. The average Bonchev–Trinajstić information content (AvgIpc) is 1.77. The summed E-state index contributed by atoms with van der Waals surface area (Å²) in [4.78, 5) is 0. The van der Waals surface area contributed by atoms with Crippen molar-refractivity contribution in [3.63, 3.8) is 0 Å². The van der Waals surface area contributed by atoms with E-state index in [4.69, 9.17) is 0 Å². The Morgan fingerprint density at radius 2 is 1.25 bits per heavy atom. The number of rotatable bonds is 0. The Balaban J connectivity index is 2.28. The lowest BCUT2D eigenvalue weighted by Crippen LogP contribution is -2.21. The van der Waals surface area contributed by atoms with Crippen molar-refractivity contribution < 1.29 is 8.78 Å². The Bertz CT molecular complexity index is 62.9. The summed E-state index contributed by atoms with van der Waals surface area (Å²) in [5, 5.41) is 0. The van der Waals surface area contributed by atoms with Gasteiger partial charge in [0.05, 0.1) is 0 Å². The third kappa shape index (κ3) is 1.17. The van der Waals surface area contributed by atoms with Gasteiger partial charge in [0.25, 0.3) is 0 Å². The van der Waals surface area contributed by atoms with E-state index in [1.165, 1.54) is 0 Å². The fraction of sp³-hybridized carbons (Fsp3) is 1.00. The van der Waals surface area contributed by atoms with Crippen molar-refractivity contribution in [2.75, 3.05) is 0 Å². The largest absolute Gasteiger partial charge is 0.244 e. The Kier molecular flexibility index (Phi) is 1.81. The predicted octanol–water partition coefficient (Wildman–Crippen LogP) is 2.24. The molecule has 0 aromatic carbocycles. The first-order valence-corrected chi connectivity index (χ1v) is 3.09. The highest BCUT2D eigenvalue weighted by Crippen LogP contribution is 2.23. The molecule has 2 atom stereocenters. The predicted molar refractivity (Wildman–Crippen MR) is 28.3 cm³/mol. The van der Waals surface area contributed by atoms with E-state index in [2.05, 4.69) is 0 Å². The van der Waals surface area contributed by atoms with E-state index in [-0.39, 0.29) is 0 Å². The van der Waals surface area contributed by atoms with Crippen LogP contribution in [0.2, 0.25) is 0 Å². The number of alkyl halides is 2. The maximum Gasteiger partial charge on any atom is 0.131 e. The van der Waals surface area contributed by atoms with Crippen LogP contribution in [0.1, 0.15) is 25.7 Å². The molecule has 0 aliphatic heterocycles. The molecular weight excluding hydrogens is 110 g/mol. The first-order chi connectivity index (χ1) is 3.80. The molecule has 0 aromatic rings. The zero-order valence-corrected chi connectivity index (χ0v) is 4.74. The van der Waals surface area contributed by atoms with Crippen molar-refractivity contribution in [1.29, 1.82) is 0 Å². The summed E-state index contributed by atoms with van der Waals surface area (Å²) in [6.45, 7) is 0. The van der Waals surface area contributed by atoms with Crippen molar-refractivity contribution in [3.8, 4) is 0 Å². The Hall–Kier alpha value is -0.140. The number of hydrogen-bond donors (Lipinski definition) is 0. The number of halogens is 2. The molecule has 0 unspecified atom stereocenters. The maximum atomic E-state index is 12.2. The van der Waals surface area contributed by atoms with Crippen molar-refractivity contribution in [3.05, 3.63) is 0 Å². The molecule has 0 saturated heterocycles. The van der Waals surface area contributed by atoms with Crippen LogP contribution in [0, 0.1) is 0 Å². The Labute approximate surface area is 47.9 Å². The molecule has 1 fully saturated rings. The molecule has 1 aliphatic rings. The number of hydrogen-bond acceptors (Lipinski definition) is 0. The minimum atomic E-state index is -1.16. The van der Waals surface area contributed by atoms with Gasteiger partial charge in [0.1, 0.15) is 12.3 Å². The molecule has 0 aromatic heterocycles. The van der Waals surface area contributed by atoms with Gasteiger partial charge in [0, 0.05) is 0 Å². The highest BCUT2D eigenvalue weighted by atomic mass is 19.2. The Morgan fingerprint density at radius 1 is 0.875 bits per heavy atom. The van der Waals surface area contributed by atoms with Gasteiger partial charge in [-0.3, -0.25) is 0 Å². The summed E-state index contributed by atoms with van der Waals surface area (Å²) in [7, 11) is 0. The molecule has 1 rings (SSSR count). The van der Waals surface area contributed by atoms with Gasteiger partial charge >= 0.3 is 0 Å². The van der Waals surface area contributed by atoms with E-state index in [1.54, 1.807) is 0 Å². The van der Waals surface area contributed by atoms with E-state index in [0.29, 0.717) is 12.8 Å². The minimum Gasteiger partial charge on any atom is -0.244 e. The van der Waals surface area contributed by atoms with Gasteiger partial charge in [-0.2, -0.15) is 0 Å². The summed E-state index contributed by atoms with van der Waals surface area (Å²) >= 11 is 0. The third-order valence-electron chi connectivity index (χ3n) is 1.60. The summed E-state index contributed by atoms with van der Waals surface area (Å²) in [6, 6.07) is 0. The minimum absolute atomic E-state index is 0.432. The first-order valence-electron chi connectivity index (χ1n) is 3.09. The SMILES string of the molecule is F[C@@H]1CCCC[C@H]1F. The van der Waals surface area contributed by atoms with E-state index in [0.717, 1.165) is 12.8 Å². The second kappa shape index (κ2) is 2.42. The molecule has 0 heterocycles. The van der Waals surface area contributed by atoms with Crippen LogP contribution in [0.25, 0.3) is 0 Å². The van der Waals surface area contributed by atoms with Gasteiger partial charge in [0.2, 0.25) is 0 Å². The van der Waals surface area contributed by atoms with Gasteiger partial charge in [-0.25, -0.2) is 8.78 Å². The molecule has 1 saturated carbocycles. The molecule has 8 heavy (non-hydrogen) atoms. The summed E-state index contributed by atoms with van der Waals surface area (Å²) in [6.07, 6.45) is 0.262. The lowest BCUT2D eigenvalue weighted by atomic mass is 9.97. The fourth-order valence-corrected chi connectivity index (χ4v) is 1.04. The van der Waals surface area contributed by atoms with Crippen molar-refractivity contribution >= 4 is 0 Å². The molecule has 0 amide bonds. The highest BCUT2D eigenvalue weighted by Gasteiger charge is 2.23. The lowest BCUT2D eigenvalue weighted by Gasteiger charge is -2.17. The normalized spacial score (nSPS) is 39.8. The zero-order chi connectivity index (χ0) is 5.98. The zero-order valence-electron chi connectivity index (χ0n) is 4.74. The topological polar surface area (TPSA) is 0 Å². The summed E-state index contributed by atoms with van der Waals surface area (Å²) in [5.74, 6) is 0. The van der Waals surface area contributed by atoms with Gasteiger partial charge in [-0.05, 0) is 12.8 Å². The lowest BCUT2D eigenvalue weighted by molar-refractivity contribution is 0.120. The second-order valence-electron chi connectivity index (χ2n) is 2.32. The van der Waals surface area contributed by atoms with Crippen LogP contribution >= 0.6 is 0 Å². The maximum absolute atomic E-state index is 12.2. The summed E-state index contributed by atoms with van der Waals surface area (Å²) < 4.78 is 24.4. The molecule has 0 nitrogen and oxygen atoms in total. The van der Waals surface area contributed by atoms with E-state index in [9.17, 15) is 8.78 Å². The molecule has 0 radical (unpaired) electrons. The van der Waals surface area contributed by atoms with Crippen LogP contribution in [-0.4, -0.2) is 12.3 Å². The fourth-order valence-electron chi connectivity index (χ4n) is 1.04. The van der Waals surface area contributed by atoms with Gasteiger partial charge < -0.3 is 0 Å². The Morgan fingerprint density at radius 3 is 1.50 bits per heavy atom. The highest BCUT2D eigenvalue weighted by molar-refractivity contribution is 4.73. The molecular formula is C6H10F2. The van der Waals surface area contributed by atoms with Crippen molar-refractivity contribution in [2.45, 2.75) is 38.0 Å². The van der Waals surface area contributed by atoms with Gasteiger partial charge in [-0.15, -0.1) is 0 Å². The average molecular weight is 120 g/mol. The first kappa shape index (κ1) is 5.99. The van der Waals surface area contributed by atoms with Gasteiger partial charge in [-0.1, -0.05) is 12.8 Å². The molecule has 1 aliphatic carbocycles. The van der Waals surface area contributed by atoms with E-state index < -0.39 is 12.3 Å². The monoisotopic (exact) mass is 120 g/mol. The molecule has 0 N–H and O–H groups in total. The standard InChI is InChI=1S/C6H10F2/c7-5-3-1-2-4-6(5)8/h5-6H,1-4H2/t5-,6-/m1/s1. The van der Waals surface area contributed by atoms with Crippen LogP contribution in [-0.2, 0) is 0 Å². The molecule has 48 valence electrons. The van der Waals surface area contributed by atoms with E-state index in [1.807, 2.05) is 0 Å². The van der Waals surface area contributed by atoms with Crippen molar-refractivity contribution in [1.82, 2.24) is 0 Å². The quantitative estimate of drug-likeness (QED) is 0.460. The van der Waals surface area contributed by atoms with Crippen LogP contribution in [0.15, 0.2) is 0 Å². The third-order valence-corrected chi connectivity index (χ3v) is 1.60. The van der Waals surface area contributed by atoms with Gasteiger partial charge in [0.15, 0.2) is 0 Å². The van der Waals surface area contributed by atoms with Crippen LogP contribution in [0.5, 0.6) is 0 Å². The molecule has 2 heteroatoms. The van der Waals surface area contributed by atoms with E-state index >= 15 is 0 Å². The van der Waals surface area contributed by atoms with Crippen molar-refractivity contribution in [2.24, 2.45) is 0 Å². The smallest absolute Gasteiger partial charge is 0.131 e. The van der Waals surface area contributed by atoms with Crippen LogP contribution in [0.3, 0.4) is 0 Å². The second-order valence-corrected chi connectivity index (χ2v) is 2.32. The van der Waals surface area contributed by atoms with Crippen LogP contribution < -0.4 is 0 Å². The molecule has 0 bridgehead atoms. The molecule has 0 spiro atoms.